The molecule has 3 rings (SSSR count). The summed E-state index contributed by atoms with van der Waals surface area (Å²) in [4.78, 5) is 28.9. The molecule has 1 saturated heterocycles. The van der Waals surface area contributed by atoms with Crippen molar-refractivity contribution in [2.24, 2.45) is 0 Å². The van der Waals surface area contributed by atoms with Crippen molar-refractivity contribution in [2.45, 2.75) is 19.3 Å². The topological polar surface area (TPSA) is 59.1 Å². The van der Waals surface area contributed by atoms with E-state index in [-0.39, 0.29) is 24.4 Å². The third kappa shape index (κ3) is 5.08. The van der Waals surface area contributed by atoms with Gasteiger partial charge >= 0.3 is 5.97 Å². The maximum absolute atomic E-state index is 12.5. The van der Waals surface area contributed by atoms with E-state index < -0.39 is 0 Å². The zero-order chi connectivity index (χ0) is 20.6. The molecule has 1 heterocycles. The largest absolute Gasteiger partial charge is 0.495 e. The van der Waals surface area contributed by atoms with Gasteiger partial charge in [0.05, 0.1) is 18.7 Å². The predicted molar refractivity (Wildman–Crippen MR) is 112 cm³/mol. The number of esters is 1. The summed E-state index contributed by atoms with van der Waals surface area (Å²) in [5, 5.41) is 0. The summed E-state index contributed by atoms with van der Waals surface area (Å²) in [5.41, 5.74) is 1.94. The Hall–Kier alpha value is -3.02. The molecule has 1 atom stereocenters. The number of benzene rings is 2. The maximum Gasteiger partial charge on any atom is 0.313 e. The SMILES string of the molecule is CC[C@@H](C(=O)OCC(=O)N1CCN(c2ccccc2OC)CC1)c1ccccc1. The van der Waals surface area contributed by atoms with Crippen LogP contribution in [0.25, 0.3) is 0 Å². The van der Waals surface area contributed by atoms with Crippen molar-refractivity contribution in [3.8, 4) is 5.75 Å². The smallest absolute Gasteiger partial charge is 0.313 e. The van der Waals surface area contributed by atoms with Crippen LogP contribution in [0.2, 0.25) is 0 Å². The van der Waals surface area contributed by atoms with E-state index in [1.807, 2.05) is 61.5 Å². The van der Waals surface area contributed by atoms with Crippen molar-refractivity contribution in [1.29, 1.82) is 0 Å². The van der Waals surface area contributed by atoms with E-state index in [0.717, 1.165) is 17.0 Å². The van der Waals surface area contributed by atoms with Crippen molar-refractivity contribution in [1.82, 2.24) is 4.90 Å². The van der Waals surface area contributed by atoms with Gasteiger partial charge in [-0.15, -0.1) is 0 Å². The molecule has 2 aromatic rings. The van der Waals surface area contributed by atoms with Crippen molar-refractivity contribution in [2.75, 3.05) is 44.8 Å². The van der Waals surface area contributed by atoms with Crippen LogP contribution in [-0.4, -0.2) is 56.7 Å². The van der Waals surface area contributed by atoms with Gasteiger partial charge < -0.3 is 19.3 Å². The Balaban J connectivity index is 1.50. The Morgan fingerprint density at radius 3 is 2.28 bits per heavy atom. The summed E-state index contributed by atoms with van der Waals surface area (Å²) in [6.45, 7) is 4.33. The number of nitrogens with zero attached hydrogens (tertiary/aromatic N) is 2. The number of carbonyl (C=O) groups excluding carboxylic acids is 2. The molecule has 1 fully saturated rings. The molecule has 0 aromatic heterocycles. The van der Waals surface area contributed by atoms with Crippen LogP contribution in [0.3, 0.4) is 0 Å². The Kier molecular flexibility index (Phi) is 7.11. The fourth-order valence-electron chi connectivity index (χ4n) is 3.64. The molecule has 0 saturated carbocycles. The molecule has 29 heavy (non-hydrogen) atoms. The number of hydrogen-bond donors (Lipinski definition) is 0. The van der Waals surface area contributed by atoms with E-state index in [1.165, 1.54) is 0 Å². The highest BCUT2D eigenvalue weighted by molar-refractivity contribution is 5.83. The molecule has 0 aliphatic carbocycles. The predicted octanol–water partition coefficient (Wildman–Crippen LogP) is 3.08. The molecule has 0 radical (unpaired) electrons. The number of ether oxygens (including phenoxy) is 2. The van der Waals surface area contributed by atoms with Gasteiger partial charge in [0, 0.05) is 26.2 Å². The lowest BCUT2D eigenvalue weighted by atomic mass is 9.97. The molecule has 6 heteroatoms. The van der Waals surface area contributed by atoms with Crippen molar-refractivity contribution < 1.29 is 19.1 Å². The number of amides is 1. The minimum absolute atomic E-state index is 0.152. The zero-order valence-corrected chi connectivity index (χ0v) is 17.0. The van der Waals surface area contributed by atoms with Crippen LogP contribution in [0, 0.1) is 0 Å². The van der Waals surface area contributed by atoms with Crippen LogP contribution >= 0.6 is 0 Å². The first-order chi connectivity index (χ1) is 14.1. The van der Waals surface area contributed by atoms with E-state index in [2.05, 4.69) is 4.90 Å². The molecule has 0 spiro atoms. The molecule has 1 amide bonds. The van der Waals surface area contributed by atoms with Gasteiger partial charge in [-0.3, -0.25) is 9.59 Å². The van der Waals surface area contributed by atoms with Gasteiger partial charge in [0.25, 0.3) is 5.91 Å². The second kappa shape index (κ2) is 9.96. The van der Waals surface area contributed by atoms with Gasteiger partial charge in [-0.05, 0) is 24.1 Å². The van der Waals surface area contributed by atoms with Gasteiger partial charge in [-0.25, -0.2) is 0 Å². The van der Waals surface area contributed by atoms with Crippen molar-refractivity contribution >= 4 is 17.6 Å². The van der Waals surface area contributed by atoms with Crippen LogP contribution in [0.15, 0.2) is 54.6 Å². The Labute approximate surface area is 172 Å². The van der Waals surface area contributed by atoms with Crippen LogP contribution in [0.1, 0.15) is 24.8 Å². The first-order valence-corrected chi connectivity index (χ1v) is 10.0. The zero-order valence-electron chi connectivity index (χ0n) is 17.0. The number of piperazine rings is 1. The van der Waals surface area contributed by atoms with E-state index in [1.54, 1.807) is 12.0 Å². The van der Waals surface area contributed by atoms with E-state index >= 15 is 0 Å². The van der Waals surface area contributed by atoms with Crippen molar-refractivity contribution in [3.63, 3.8) is 0 Å². The number of anilines is 1. The van der Waals surface area contributed by atoms with E-state index in [0.29, 0.717) is 32.6 Å². The Bertz CT molecular complexity index is 817. The highest BCUT2D eigenvalue weighted by Gasteiger charge is 2.25. The number of methoxy groups -OCH3 is 1. The highest BCUT2D eigenvalue weighted by atomic mass is 16.5. The molecule has 6 nitrogen and oxygen atoms in total. The monoisotopic (exact) mass is 396 g/mol. The normalized spacial score (nSPS) is 15.0. The second-order valence-electron chi connectivity index (χ2n) is 7.02. The van der Waals surface area contributed by atoms with Gasteiger partial charge in [0.15, 0.2) is 6.61 Å². The quantitative estimate of drug-likeness (QED) is 0.673. The fraction of sp³-hybridized carbons (Fsp3) is 0.391. The summed E-state index contributed by atoms with van der Waals surface area (Å²) in [6, 6.07) is 17.4. The molecule has 1 aliphatic rings. The van der Waals surface area contributed by atoms with Crippen LogP contribution in [-0.2, 0) is 14.3 Å². The average Bonchev–Trinajstić information content (AvgIpc) is 2.78. The second-order valence-corrected chi connectivity index (χ2v) is 7.02. The molecular weight excluding hydrogens is 368 g/mol. The average molecular weight is 396 g/mol. The van der Waals surface area contributed by atoms with Gasteiger partial charge in [-0.2, -0.15) is 0 Å². The van der Waals surface area contributed by atoms with Crippen molar-refractivity contribution in [3.05, 3.63) is 60.2 Å². The first-order valence-electron chi connectivity index (χ1n) is 10.0. The summed E-state index contributed by atoms with van der Waals surface area (Å²) in [6.07, 6.45) is 0.634. The fourth-order valence-corrected chi connectivity index (χ4v) is 3.64. The van der Waals surface area contributed by atoms with Crippen LogP contribution in [0.4, 0.5) is 5.69 Å². The lowest BCUT2D eigenvalue weighted by Gasteiger charge is -2.36. The van der Waals surface area contributed by atoms with Crippen LogP contribution in [0.5, 0.6) is 5.75 Å². The molecule has 154 valence electrons. The highest BCUT2D eigenvalue weighted by Crippen LogP contribution is 2.28. The molecule has 0 N–H and O–H groups in total. The summed E-state index contributed by atoms with van der Waals surface area (Å²) < 4.78 is 10.8. The molecular formula is C23H28N2O4. The lowest BCUT2D eigenvalue weighted by molar-refractivity contribution is -0.153. The summed E-state index contributed by atoms with van der Waals surface area (Å²) in [5.74, 6) is -0.0141. The molecule has 1 aliphatic heterocycles. The molecule has 0 unspecified atom stereocenters. The first kappa shape index (κ1) is 20.7. The van der Waals surface area contributed by atoms with Gasteiger partial charge in [0.1, 0.15) is 5.75 Å². The number of para-hydroxylation sites is 2. The third-order valence-electron chi connectivity index (χ3n) is 5.29. The van der Waals surface area contributed by atoms with E-state index in [9.17, 15) is 9.59 Å². The standard InChI is InChI=1S/C23H28N2O4/c1-3-19(18-9-5-4-6-10-18)23(27)29-17-22(26)25-15-13-24(14-16-25)20-11-7-8-12-21(20)28-2/h4-12,19H,3,13-17H2,1-2H3/t19-/m1/s1. The lowest BCUT2D eigenvalue weighted by Crippen LogP contribution is -2.50. The third-order valence-corrected chi connectivity index (χ3v) is 5.29. The van der Waals surface area contributed by atoms with E-state index in [4.69, 9.17) is 9.47 Å². The summed E-state index contributed by atoms with van der Waals surface area (Å²) >= 11 is 0. The number of carbonyl (C=O) groups is 2. The minimum Gasteiger partial charge on any atom is -0.495 e. The van der Waals surface area contributed by atoms with Crippen LogP contribution < -0.4 is 9.64 Å². The molecule has 2 aromatic carbocycles. The maximum atomic E-state index is 12.5. The Morgan fingerprint density at radius 2 is 1.62 bits per heavy atom. The number of rotatable bonds is 7. The Morgan fingerprint density at radius 1 is 0.966 bits per heavy atom. The molecule has 0 bridgehead atoms. The minimum atomic E-state index is -0.347. The van der Waals surface area contributed by atoms with Gasteiger partial charge in [-0.1, -0.05) is 49.4 Å². The van der Waals surface area contributed by atoms with Gasteiger partial charge in [0.2, 0.25) is 0 Å². The number of hydrogen-bond acceptors (Lipinski definition) is 5. The summed E-state index contributed by atoms with van der Waals surface area (Å²) in [7, 11) is 1.66.